The highest BCUT2D eigenvalue weighted by Gasteiger charge is 2.20. The van der Waals surface area contributed by atoms with Gasteiger partial charge in [0.15, 0.2) is 11.0 Å². The van der Waals surface area contributed by atoms with Gasteiger partial charge in [-0.3, -0.25) is 10.2 Å². The van der Waals surface area contributed by atoms with Crippen LogP contribution in [0, 0.1) is 5.82 Å². The number of hydrogen-bond donors (Lipinski definition) is 2. The lowest BCUT2D eigenvalue weighted by Crippen LogP contribution is -2.47. The fraction of sp³-hybridized carbons (Fsp3) is 0.346. The Hall–Kier alpha value is -3.39. The summed E-state index contributed by atoms with van der Waals surface area (Å²) in [4.78, 5) is 22.6. The van der Waals surface area contributed by atoms with Crippen LogP contribution in [0.5, 0.6) is 0 Å². The van der Waals surface area contributed by atoms with Gasteiger partial charge < -0.3 is 10.2 Å². The maximum atomic E-state index is 13.3. The number of benzene rings is 2. The van der Waals surface area contributed by atoms with Crippen molar-refractivity contribution in [1.82, 2.24) is 35.0 Å². The molecule has 1 saturated heterocycles. The Morgan fingerprint density at radius 3 is 2.72 bits per heavy atom. The minimum atomic E-state index is -0.268. The molecule has 6 rings (SSSR count). The molecule has 4 aromatic rings. The van der Waals surface area contributed by atoms with E-state index in [1.807, 2.05) is 18.2 Å². The summed E-state index contributed by atoms with van der Waals surface area (Å²) in [5.74, 6) is 0.530. The Kier molecular flexibility index (Phi) is 7.55. The van der Waals surface area contributed by atoms with Crippen molar-refractivity contribution in [2.45, 2.75) is 22.9 Å². The lowest BCUT2D eigenvalue weighted by atomic mass is 10.0. The van der Waals surface area contributed by atoms with Crippen LogP contribution in [0.2, 0.25) is 0 Å². The number of carbonyl (C=O) groups excluding carboxylic acids is 1. The molecular weight excluding hydrogens is 537 g/mol. The van der Waals surface area contributed by atoms with Crippen LogP contribution in [-0.2, 0) is 6.42 Å². The fourth-order valence-corrected chi connectivity index (χ4v) is 6.34. The number of carbonyl (C=O) groups is 1. The van der Waals surface area contributed by atoms with Crippen LogP contribution in [0.15, 0.2) is 57.6 Å². The summed E-state index contributed by atoms with van der Waals surface area (Å²) in [5.41, 5.74) is 2.58. The van der Waals surface area contributed by atoms with Gasteiger partial charge in [-0.25, -0.2) is 14.2 Å². The molecular formula is C26H28FN9OS2. The number of aromatic nitrogens is 4. The predicted molar refractivity (Wildman–Crippen MR) is 151 cm³/mol. The highest BCUT2D eigenvalue weighted by Crippen LogP contribution is 2.34. The highest BCUT2D eigenvalue weighted by molar-refractivity contribution is 7.99. The van der Waals surface area contributed by atoms with Crippen molar-refractivity contribution >= 4 is 50.2 Å². The molecule has 2 aliphatic heterocycles. The third-order valence-electron chi connectivity index (χ3n) is 6.76. The molecule has 2 aromatic heterocycles. The Bertz CT molecular complexity index is 1510. The molecule has 39 heavy (non-hydrogen) atoms. The van der Waals surface area contributed by atoms with Gasteiger partial charge in [0.2, 0.25) is 5.16 Å². The lowest BCUT2D eigenvalue weighted by molar-refractivity contribution is 0.155. The average molecular weight is 566 g/mol. The summed E-state index contributed by atoms with van der Waals surface area (Å²) in [5, 5.41) is 20.4. The van der Waals surface area contributed by atoms with E-state index in [1.165, 1.54) is 35.2 Å². The van der Waals surface area contributed by atoms with Crippen LogP contribution in [0.4, 0.5) is 14.3 Å². The Morgan fingerprint density at radius 2 is 1.90 bits per heavy atom. The van der Waals surface area contributed by atoms with E-state index in [2.05, 4.69) is 42.7 Å². The van der Waals surface area contributed by atoms with Crippen molar-refractivity contribution in [3.05, 3.63) is 59.7 Å². The third kappa shape index (κ3) is 6.11. The van der Waals surface area contributed by atoms with Crippen molar-refractivity contribution in [2.24, 2.45) is 5.10 Å². The number of thiazole rings is 1. The highest BCUT2D eigenvalue weighted by atomic mass is 32.2. The first-order valence-electron chi connectivity index (χ1n) is 12.8. The van der Waals surface area contributed by atoms with Gasteiger partial charge in [-0.1, -0.05) is 23.5 Å². The largest absolute Gasteiger partial charge is 0.337 e. The SMILES string of the molecule is CN1CCN(CCNC(=O)Nc2nc3ccc(Sc4nnc5n4N=C(c4ccc(F)cc4)CC5)cc3s2)CC1. The number of nitrogens with one attached hydrogen (secondary N) is 2. The van der Waals surface area contributed by atoms with Gasteiger partial charge in [-0.05, 0) is 61.1 Å². The summed E-state index contributed by atoms with van der Waals surface area (Å²) in [7, 11) is 2.13. The molecule has 0 unspecified atom stereocenters. The van der Waals surface area contributed by atoms with Gasteiger partial charge in [0.1, 0.15) is 5.82 Å². The molecule has 1 fully saturated rings. The summed E-state index contributed by atoms with van der Waals surface area (Å²) in [6.07, 6.45) is 1.44. The second-order valence-electron chi connectivity index (χ2n) is 9.54. The summed E-state index contributed by atoms with van der Waals surface area (Å²) in [6.45, 7) is 5.59. The van der Waals surface area contributed by atoms with E-state index in [9.17, 15) is 9.18 Å². The third-order valence-corrected chi connectivity index (χ3v) is 8.62. The van der Waals surface area contributed by atoms with Crippen LogP contribution in [0.25, 0.3) is 10.2 Å². The fourth-order valence-electron chi connectivity index (χ4n) is 4.53. The number of hydrogen-bond acceptors (Lipinski definition) is 9. The van der Waals surface area contributed by atoms with Gasteiger partial charge in [0.25, 0.3) is 0 Å². The summed E-state index contributed by atoms with van der Waals surface area (Å²) in [6, 6.07) is 12.1. The van der Waals surface area contributed by atoms with E-state index in [1.54, 1.807) is 16.8 Å². The van der Waals surface area contributed by atoms with Crippen molar-refractivity contribution in [3.8, 4) is 0 Å². The molecule has 202 valence electrons. The number of likely N-dealkylation sites (N-methyl/N-ethyl adjacent to an activating group) is 1. The predicted octanol–water partition coefficient (Wildman–Crippen LogP) is 3.75. The van der Waals surface area contributed by atoms with Crippen LogP contribution in [0.1, 0.15) is 17.8 Å². The summed E-state index contributed by atoms with van der Waals surface area (Å²) < 4.78 is 16.1. The molecule has 0 radical (unpaired) electrons. The van der Waals surface area contributed by atoms with Gasteiger partial charge in [-0.15, -0.1) is 10.2 Å². The molecule has 10 nitrogen and oxygen atoms in total. The first-order chi connectivity index (χ1) is 19.0. The number of amides is 2. The Balaban J connectivity index is 1.09. The Morgan fingerprint density at radius 1 is 1.08 bits per heavy atom. The molecule has 2 aromatic carbocycles. The van der Waals surface area contributed by atoms with Crippen LogP contribution < -0.4 is 10.6 Å². The van der Waals surface area contributed by atoms with Crippen molar-refractivity contribution in [2.75, 3.05) is 51.6 Å². The number of nitrogens with zero attached hydrogens (tertiary/aromatic N) is 7. The molecule has 2 amide bonds. The number of aryl methyl sites for hydroxylation is 1. The second-order valence-corrected chi connectivity index (χ2v) is 11.6. The first kappa shape index (κ1) is 25.9. The second kappa shape index (κ2) is 11.4. The number of urea groups is 1. The number of piperazine rings is 1. The molecule has 2 aliphatic rings. The van der Waals surface area contributed by atoms with Crippen molar-refractivity contribution in [3.63, 3.8) is 0 Å². The molecule has 2 N–H and O–H groups in total. The Labute approximate surface area is 233 Å². The zero-order valence-electron chi connectivity index (χ0n) is 21.4. The van der Waals surface area contributed by atoms with Crippen molar-refractivity contribution in [1.29, 1.82) is 0 Å². The van der Waals surface area contributed by atoms with Gasteiger partial charge in [0.05, 0.1) is 15.9 Å². The normalized spacial score (nSPS) is 16.2. The van der Waals surface area contributed by atoms with Gasteiger partial charge in [0, 0.05) is 50.6 Å². The zero-order chi connectivity index (χ0) is 26.8. The van der Waals surface area contributed by atoms with E-state index in [0.29, 0.717) is 23.3 Å². The molecule has 0 spiro atoms. The zero-order valence-corrected chi connectivity index (χ0v) is 23.1. The smallest absolute Gasteiger partial charge is 0.321 e. The molecule has 4 heterocycles. The maximum absolute atomic E-state index is 13.3. The molecule has 13 heteroatoms. The average Bonchev–Trinajstić information content (AvgIpc) is 3.53. The van der Waals surface area contributed by atoms with Crippen LogP contribution >= 0.6 is 23.1 Å². The van der Waals surface area contributed by atoms with Crippen LogP contribution in [0.3, 0.4) is 0 Å². The topological polar surface area (TPSA) is 104 Å². The number of rotatable bonds is 7. The van der Waals surface area contributed by atoms with Gasteiger partial charge in [-0.2, -0.15) is 9.78 Å². The monoisotopic (exact) mass is 565 g/mol. The molecule has 0 saturated carbocycles. The lowest BCUT2D eigenvalue weighted by Gasteiger charge is -2.32. The van der Waals surface area contributed by atoms with Crippen molar-refractivity contribution < 1.29 is 9.18 Å². The van der Waals surface area contributed by atoms with E-state index in [-0.39, 0.29) is 11.8 Å². The summed E-state index contributed by atoms with van der Waals surface area (Å²) >= 11 is 2.89. The number of fused-ring (bicyclic) bond motifs is 2. The van der Waals surface area contributed by atoms with E-state index >= 15 is 0 Å². The number of halogens is 1. The molecule has 0 aliphatic carbocycles. The molecule has 0 atom stereocenters. The van der Waals surface area contributed by atoms with Gasteiger partial charge >= 0.3 is 6.03 Å². The minimum absolute atomic E-state index is 0.248. The van der Waals surface area contributed by atoms with Crippen LogP contribution in [-0.4, -0.2) is 87.7 Å². The first-order valence-corrected chi connectivity index (χ1v) is 14.5. The molecule has 0 bridgehead atoms. The quantitative estimate of drug-likeness (QED) is 0.352. The van der Waals surface area contributed by atoms with E-state index in [0.717, 1.165) is 71.4 Å². The number of anilines is 1. The van der Waals surface area contributed by atoms with E-state index < -0.39 is 0 Å². The standard InChI is InChI=1S/C26H28FN9OS2/c1-34-12-14-35(15-13-34)11-10-28-24(37)30-25-29-21-7-6-19(16-22(21)39-25)38-26-32-31-23-9-8-20(33-36(23)26)17-2-4-18(27)5-3-17/h2-7,16H,8-15H2,1H3,(H2,28,29,30,37). The van der Waals surface area contributed by atoms with E-state index in [4.69, 9.17) is 5.10 Å². The minimum Gasteiger partial charge on any atom is -0.337 e. The maximum Gasteiger partial charge on any atom is 0.321 e.